The van der Waals surface area contributed by atoms with Crippen LogP contribution in [0.2, 0.25) is 0 Å². The third-order valence-corrected chi connectivity index (χ3v) is 9.54. The van der Waals surface area contributed by atoms with Crippen LogP contribution >= 0.6 is 0 Å². The Morgan fingerprint density at radius 1 is 1.12 bits per heavy atom. The lowest BCUT2D eigenvalue weighted by molar-refractivity contribution is -0.145. The standard InChI is InChI=1S/C23H34O3/c1-12-10-18(25)15(4)21-14(3)13(2)20-16-6-7-19(26)22(16,5)9-8-17(20)23(12,21)11-24/h11-14,16-17,19-20,26H,6-10H2,1-5H3/t12?,13?,14?,16-,17+,19?,20-,22-,23+/m0/s1. The second kappa shape index (κ2) is 5.77. The van der Waals surface area contributed by atoms with Gasteiger partial charge in [-0.1, -0.05) is 27.7 Å². The van der Waals surface area contributed by atoms with Crippen LogP contribution in [0, 0.1) is 46.3 Å². The molecule has 1 N–H and O–H groups in total. The molecule has 0 radical (unpaired) electrons. The molecule has 3 heteroatoms. The van der Waals surface area contributed by atoms with E-state index in [-0.39, 0.29) is 29.1 Å². The summed E-state index contributed by atoms with van der Waals surface area (Å²) in [5.41, 5.74) is 1.56. The van der Waals surface area contributed by atoms with Gasteiger partial charge in [0.15, 0.2) is 5.78 Å². The fraction of sp³-hybridized carbons (Fsp3) is 0.826. The summed E-state index contributed by atoms with van der Waals surface area (Å²) in [6.45, 7) is 10.9. The fourth-order valence-electron chi connectivity index (χ4n) is 7.96. The molecule has 0 aromatic carbocycles. The average Bonchev–Trinajstić information content (AvgIpc) is 2.91. The Hall–Kier alpha value is -0.960. The van der Waals surface area contributed by atoms with Crippen LogP contribution in [0.25, 0.3) is 0 Å². The van der Waals surface area contributed by atoms with E-state index in [9.17, 15) is 14.7 Å². The van der Waals surface area contributed by atoms with Crippen molar-refractivity contribution in [2.24, 2.45) is 46.3 Å². The number of hydrogen-bond donors (Lipinski definition) is 1. The van der Waals surface area contributed by atoms with Crippen LogP contribution in [0.5, 0.6) is 0 Å². The molecule has 4 aliphatic rings. The minimum Gasteiger partial charge on any atom is -0.393 e. The number of aldehydes is 1. The Labute approximate surface area is 157 Å². The SMILES string of the molecule is CC1=C2C(C)C(C)[C@@H]3[C@@H](CC[C@]4(C)C(O)CC[C@@H]34)[C@@]2(C=O)C(C)CC1=O. The molecule has 0 aromatic rings. The second-order valence-electron chi connectivity index (χ2n) is 10.2. The van der Waals surface area contributed by atoms with Gasteiger partial charge < -0.3 is 9.90 Å². The maximum atomic E-state index is 12.7. The molecule has 0 aliphatic heterocycles. The van der Waals surface area contributed by atoms with Gasteiger partial charge in [0, 0.05) is 6.42 Å². The number of aliphatic hydroxyl groups is 1. The van der Waals surface area contributed by atoms with Crippen molar-refractivity contribution in [3.63, 3.8) is 0 Å². The van der Waals surface area contributed by atoms with E-state index in [4.69, 9.17) is 0 Å². The minimum atomic E-state index is -0.469. The molecule has 9 atom stereocenters. The summed E-state index contributed by atoms with van der Waals surface area (Å²) in [7, 11) is 0. The largest absolute Gasteiger partial charge is 0.393 e. The van der Waals surface area contributed by atoms with Gasteiger partial charge in [-0.2, -0.15) is 0 Å². The van der Waals surface area contributed by atoms with Crippen molar-refractivity contribution >= 4 is 12.1 Å². The lowest BCUT2D eigenvalue weighted by Gasteiger charge is -2.62. The normalized spacial score (nSPS) is 53.8. The Morgan fingerprint density at radius 2 is 1.81 bits per heavy atom. The summed E-state index contributed by atoms with van der Waals surface area (Å²) in [6, 6.07) is 0. The number of Topliss-reactive ketones (excluding diaryl/α,β-unsaturated/α-hetero) is 1. The summed E-state index contributed by atoms with van der Waals surface area (Å²) in [5.74, 6) is 2.32. The van der Waals surface area contributed by atoms with Gasteiger partial charge in [-0.3, -0.25) is 4.79 Å². The van der Waals surface area contributed by atoms with Gasteiger partial charge >= 0.3 is 0 Å². The van der Waals surface area contributed by atoms with Gasteiger partial charge in [0.2, 0.25) is 0 Å². The highest BCUT2D eigenvalue weighted by Gasteiger charge is 2.65. The van der Waals surface area contributed by atoms with E-state index in [1.54, 1.807) is 0 Å². The second-order valence-corrected chi connectivity index (χ2v) is 10.2. The zero-order valence-electron chi connectivity index (χ0n) is 16.9. The first-order chi connectivity index (χ1) is 12.2. The number of allylic oxidation sites excluding steroid dienone is 1. The number of fused-ring (bicyclic) bond motifs is 5. The summed E-state index contributed by atoms with van der Waals surface area (Å²) in [4.78, 5) is 25.3. The van der Waals surface area contributed by atoms with E-state index < -0.39 is 5.41 Å². The summed E-state index contributed by atoms with van der Waals surface area (Å²) in [6.07, 6.45) is 5.52. The molecule has 144 valence electrons. The van der Waals surface area contributed by atoms with Crippen LogP contribution in [-0.2, 0) is 9.59 Å². The molecule has 4 rings (SSSR count). The Balaban J connectivity index is 1.89. The number of carbonyl (C=O) groups excluding carboxylic acids is 2. The van der Waals surface area contributed by atoms with E-state index in [0.717, 1.165) is 36.8 Å². The van der Waals surface area contributed by atoms with Crippen LogP contribution in [0.3, 0.4) is 0 Å². The highest BCUT2D eigenvalue weighted by atomic mass is 16.3. The third kappa shape index (κ3) is 1.99. The summed E-state index contributed by atoms with van der Waals surface area (Å²) < 4.78 is 0. The van der Waals surface area contributed by atoms with Crippen LogP contribution < -0.4 is 0 Å². The van der Waals surface area contributed by atoms with Crippen LogP contribution in [0.4, 0.5) is 0 Å². The van der Waals surface area contributed by atoms with Crippen molar-refractivity contribution in [2.45, 2.75) is 72.8 Å². The molecule has 3 fully saturated rings. The first kappa shape index (κ1) is 18.4. The lowest BCUT2D eigenvalue weighted by atomic mass is 9.40. The number of ketones is 1. The van der Waals surface area contributed by atoms with Crippen LogP contribution in [-0.4, -0.2) is 23.3 Å². The van der Waals surface area contributed by atoms with Crippen molar-refractivity contribution in [3.8, 4) is 0 Å². The van der Waals surface area contributed by atoms with E-state index in [1.807, 2.05) is 6.92 Å². The van der Waals surface area contributed by atoms with Crippen molar-refractivity contribution in [1.29, 1.82) is 0 Å². The molecule has 0 heterocycles. The number of hydrogen-bond acceptors (Lipinski definition) is 3. The molecule has 3 nitrogen and oxygen atoms in total. The van der Waals surface area contributed by atoms with Gasteiger partial charge in [0.05, 0.1) is 11.5 Å². The van der Waals surface area contributed by atoms with Crippen LogP contribution in [0.1, 0.15) is 66.7 Å². The predicted molar refractivity (Wildman–Crippen MR) is 101 cm³/mol. The van der Waals surface area contributed by atoms with E-state index >= 15 is 0 Å². The maximum absolute atomic E-state index is 12.7. The molecule has 3 saturated carbocycles. The summed E-state index contributed by atoms with van der Waals surface area (Å²) in [5, 5.41) is 10.7. The van der Waals surface area contributed by atoms with Gasteiger partial charge in [0.25, 0.3) is 0 Å². The molecule has 0 spiro atoms. The summed E-state index contributed by atoms with van der Waals surface area (Å²) >= 11 is 0. The molecule has 0 bridgehead atoms. The third-order valence-electron chi connectivity index (χ3n) is 9.54. The van der Waals surface area contributed by atoms with Crippen molar-refractivity contribution < 1.29 is 14.7 Å². The fourth-order valence-corrected chi connectivity index (χ4v) is 7.96. The van der Waals surface area contributed by atoms with Gasteiger partial charge in [-0.15, -0.1) is 0 Å². The minimum absolute atomic E-state index is 0.00318. The number of aliphatic hydroxyl groups excluding tert-OH is 1. The number of rotatable bonds is 1. The zero-order chi connectivity index (χ0) is 19.0. The highest BCUT2D eigenvalue weighted by Crippen LogP contribution is 2.68. The van der Waals surface area contributed by atoms with E-state index in [1.165, 1.54) is 6.29 Å². The average molecular weight is 359 g/mol. The molecular weight excluding hydrogens is 324 g/mol. The topological polar surface area (TPSA) is 54.4 Å². The molecule has 26 heavy (non-hydrogen) atoms. The molecule has 0 aromatic heterocycles. The molecule has 0 amide bonds. The number of carbonyl (C=O) groups is 2. The molecule has 0 saturated heterocycles. The van der Waals surface area contributed by atoms with Crippen molar-refractivity contribution in [1.82, 2.24) is 0 Å². The quantitative estimate of drug-likeness (QED) is 0.715. The van der Waals surface area contributed by atoms with E-state index in [0.29, 0.717) is 30.1 Å². The maximum Gasteiger partial charge on any atom is 0.158 e. The van der Waals surface area contributed by atoms with E-state index in [2.05, 4.69) is 27.7 Å². The molecular formula is C23H34O3. The predicted octanol–water partition coefficient (Wildman–Crippen LogP) is 4.19. The molecule has 4 unspecified atom stereocenters. The molecule has 4 aliphatic carbocycles. The van der Waals surface area contributed by atoms with Crippen molar-refractivity contribution in [3.05, 3.63) is 11.1 Å². The first-order valence-electron chi connectivity index (χ1n) is 10.6. The van der Waals surface area contributed by atoms with Gasteiger partial charge in [-0.05, 0) is 84.7 Å². The Bertz CT molecular complexity index is 679. The monoisotopic (exact) mass is 358 g/mol. The lowest BCUT2D eigenvalue weighted by Crippen LogP contribution is -2.60. The van der Waals surface area contributed by atoms with Crippen LogP contribution in [0.15, 0.2) is 11.1 Å². The Kier molecular flexibility index (Phi) is 4.08. The van der Waals surface area contributed by atoms with Gasteiger partial charge in [-0.25, -0.2) is 0 Å². The first-order valence-corrected chi connectivity index (χ1v) is 10.6. The Morgan fingerprint density at radius 3 is 2.46 bits per heavy atom. The zero-order valence-corrected chi connectivity index (χ0v) is 16.9. The van der Waals surface area contributed by atoms with Gasteiger partial charge in [0.1, 0.15) is 6.29 Å². The van der Waals surface area contributed by atoms with Crippen molar-refractivity contribution in [2.75, 3.05) is 0 Å². The highest BCUT2D eigenvalue weighted by molar-refractivity contribution is 5.99. The smallest absolute Gasteiger partial charge is 0.158 e.